The summed E-state index contributed by atoms with van der Waals surface area (Å²) >= 11 is 2.24. The van der Waals surface area contributed by atoms with Gasteiger partial charge in [-0.15, -0.1) is 0 Å². The van der Waals surface area contributed by atoms with E-state index in [4.69, 9.17) is 0 Å². The Morgan fingerprint density at radius 3 is 2.46 bits per heavy atom. The van der Waals surface area contributed by atoms with Gasteiger partial charge in [0.15, 0.2) is 0 Å². The maximum atomic E-state index is 10.1. The molecule has 0 bridgehead atoms. The van der Waals surface area contributed by atoms with E-state index in [0.29, 0.717) is 6.42 Å². The van der Waals surface area contributed by atoms with Crippen LogP contribution in [0.3, 0.4) is 0 Å². The number of aryl methyl sites for hydroxylation is 1. The summed E-state index contributed by atoms with van der Waals surface area (Å²) in [4.78, 5) is 10.1. The van der Waals surface area contributed by atoms with E-state index in [1.807, 2.05) is 24.3 Å². The Morgan fingerprint density at radius 2 is 1.92 bits per heavy atom. The number of carboxylic acid groups (broad SMARTS) is 1. The van der Waals surface area contributed by atoms with E-state index in [-0.39, 0.29) is 6.42 Å². The molecule has 0 amide bonds. The Labute approximate surface area is 91.1 Å². The molecule has 0 atom stereocenters. The van der Waals surface area contributed by atoms with Crippen molar-refractivity contribution < 1.29 is 9.90 Å². The molecule has 0 unspecified atom stereocenters. The first-order chi connectivity index (χ1) is 6.18. The summed E-state index contributed by atoms with van der Waals surface area (Å²) in [6.45, 7) is 0. The van der Waals surface area contributed by atoms with Crippen LogP contribution in [0.25, 0.3) is 0 Å². The van der Waals surface area contributed by atoms with Crippen LogP contribution in [0.1, 0.15) is 18.4 Å². The van der Waals surface area contributed by atoms with Gasteiger partial charge in [0.25, 0.3) is 0 Å². The fraction of sp³-hybridized carbons (Fsp3) is 0.300. The summed E-state index contributed by atoms with van der Waals surface area (Å²) in [5.41, 5.74) is 1.18. The van der Waals surface area contributed by atoms with Crippen molar-refractivity contribution in [1.29, 1.82) is 0 Å². The summed E-state index contributed by atoms with van der Waals surface area (Å²) in [6, 6.07) is 8.10. The minimum atomic E-state index is -0.967. The molecule has 0 aliphatic heterocycles. The molecule has 70 valence electrons. The average Bonchev–Trinajstić information content (AvgIpc) is 2.08. The number of benzene rings is 1. The number of rotatable bonds is 4. The molecule has 3 heteroatoms. The normalized spacial score (nSPS) is 9.92. The summed E-state index contributed by atoms with van der Waals surface area (Å²) in [5, 5.41) is 10.1. The first-order valence-corrected chi connectivity index (χ1v) is 5.20. The molecule has 13 heavy (non-hydrogen) atoms. The summed E-state index contributed by atoms with van der Waals surface area (Å²) in [7, 11) is 0. The Morgan fingerprint density at radius 1 is 1.31 bits per heavy atom. The second kappa shape index (κ2) is 5.21. The third-order valence-corrected chi connectivity index (χ3v) is 2.48. The minimum absolute atomic E-state index is 0.145. The number of carbonyl (C=O) groups is 1. The SMILES string of the molecule is O=C([O-])CCCc1ccc(I)cc1. The molecule has 0 spiro atoms. The fourth-order valence-electron chi connectivity index (χ4n) is 1.09. The molecule has 2 nitrogen and oxygen atoms in total. The lowest BCUT2D eigenvalue weighted by molar-refractivity contribution is -0.305. The molecule has 0 fully saturated rings. The van der Waals surface area contributed by atoms with Crippen molar-refractivity contribution in [1.82, 2.24) is 0 Å². The largest absolute Gasteiger partial charge is 0.550 e. The Hall–Kier alpha value is -0.580. The maximum absolute atomic E-state index is 10.1. The molecular formula is C10H10IO2-. The molecule has 1 aromatic rings. The highest BCUT2D eigenvalue weighted by Crippen LogP contribution is 2.09. The number of carboxylic acids is 1. The number of aliphatic carboxylic acids is 1. The van der Waals surface area contributed by atoms with Crippen LogP contribution < -0.4 is 5.11 Å². The molecule has 0 saturated heterocycles. The molecule has 0 heterocycles. The molecule has 0 N–H and O–H groups in total. The van der Waals surface area contributed by atoms with Gasteiger partial charge < -0.3 is 9.90 Å². The van der Waals surface area contributed by atoms with Crippen LogP contribution in [0.4, 0.5) is 0 Å². The lowest BCUT2D eigenvalue weighted by Gasteiger charge is -2.02. The van der Waals surface area contributed by atoms with E-state index in [9.17, 15) is 9.90 Å². The van der Waals surface area contributed by atoms with Crippen molar-refractivity contribution in [3.63, 3.8) is 0 Å². The zero-order chi connectivity index (χ0) is 9.68. The van der Waals surface area contributed by atoms with Crippen LogP contribution in [0.2, 0.25) is 0 Å². The highest BCUT2D eigenvalue weighted by molar-refractivity contribution is 14.1. The zero-order valence-corrected chi connectivity index (χ0v) is 9.28. The Balaban J connectivity index is 2.37. The van der Waals surface area contributed by atoms with Crippen molar-refractivity contribution in [3.05, 3.63) is 33.4 Å². The van der Waals surface area contributed by atoms with E-state index in [1.54, 1.807) is 0 Å². The van der Waals surface area contributed by atoms with Crippen LogP contribution >= 0.6 is 22.6 Å². The molecule has 1 rings (SSSR count). The summed E-state index contributed by atoms with van der Waals surface area (Å²) < 4.78 is 1.20. The van der Waals surface area contributed by atoms with Crippen molar-refractivity contribution in [2.24, 2.45) is 0 Å². The van der Waals surface area contributed by atoms with Gasteiger partial charge >= 0.3 is 0 Å². The number of hydrogen-bond donors (Lipinski definition) is 0. The van der Waals surface area contributed by atoms with Crippen LogP contribution in [-0.2, 0) is 11.2 Å². The van der Waals surface area contributed by atoms with E-state index >= 15 is 0 Å². The molecule has 0 aliphatic rings. The molecule has 0 saturated carbocycles. The van der Waals surface area contributed by atoms with Gasteiger partial charge in [0.2, 0.25) is 0 Å². The number of carbonyl (C=O) groups excluding carboxylic acids is 1. The first kappa shape index (κ1) is 10.5. The predicted molar refractivity (Wildman–Crippen MR) is 57.1 cm³/mol. The van der Waals surface area contributed by atoms with Crippen molar-refractivity contribution >= 4 is 28.6 Å². The van der Waals surface area contributed by atoms with Gasteiger partial charge in [0.1, 0.15) is 0 Å². The van der Waals surface area contributed by atoms with Crippen molar-refractivity contribution in [2.75, 3.05) is 0 Å². The smallest absolute Gasteiger partial charge is 0.0414 e. The van der Waals surface area contributed by atoms with Crippen LogP contribution in [0, 0.1) is 3.57 Å². The zero-order valence-electron chi connectivity index (χ0n) is 7.13. The molecule has 0 aromatic heterocycles. The average molecular weight is 289 g/mol. The van der Waals surface area contributed by atoms with Gasteiger partial charge in [0.05, 0.1) is 0 Å². The topological polar surface area (TPSA) is 40.1 Å². The van der Waals surface area contributed by atoms with Gasteiger partial charge in [-0.2, -0.15) is 0 Å². The monoisotopic (exact) mass is 289 g/mol. The van der Waals surface area contributed by atoms with E-state index < -0.39 is 5.97 Å². The van der Waals surface area contributed by atoms with Crippen molar-refractivity contribution in [2.45, 2.75) is 19.3 Å². The first-order valence-electron chi connectivity index (χ1n) is 4.13. The third kappa shape index (κ3) is 4.26. The lowest BCUT2D eigenvalue weighted by Crippen LogP contribution is -2.21. The second-order valence-corrected chi connectivity index (χ2v) is 4.10. The quantitative estimate of drug-likeness (QED) is 0.785. The predicted octanol–water partition coefficient (Wildman–Crippen LogP) is 1.36. The number of halogens is 1. The van der Waals surface area contributed by atoms with Gasteiger partial charge in [-0.25, -0.2) is 0 Å². The number of hydrogen-bond acceptors (Lipinski definition) is 2. The highest BCUT2D eigenvalue weighted by atomic mass is 127. The van der Waals surface area contributed by atoms with E-state index in [1.165, 1.54) is 9.13 Å². The summed E-state index contributed by atoms with van der Waals surface area (Å²) in [6.07, 6.45) is 1.61. The van der Waals surface area contributed by atoms with Gasteiger partial charge in [-0.1, -0.05) is 12.1 Å². The van der Waals surface area contributed by atoms with Gasteiger partial charge in [-0.05, 0) is 59.5 Å². The third-order valence-electron chi connectivity index (χ3n) is 1.76. The Kier molecular flexibility index (Phi) is 4.21. The van der Waals surface area contributed by atoms with Crippen LogP contribution in [0.15, 0.2) is 24.3 Å². The molecule has 1 aromatic carbocycles. The molecule has 0 radical (unpaired) electrons. The van der Waals surface area contributed by atoms with Crippen LogP contribution in [-0.4, -0.2) is 5.97 Å². The van der Waals surface area contributed by atoms with Gasteiger partial charge in [-0.3, -0.25) is 0 Å². The highest BCUT2D eigenvalue weighted by Gasteiger charge is 1.93. The van der Waals surface area contributed by atoms with E-state index in [2.05, 4.69) is 22.6 Å². The van der Waals surface area contributed by atoms with E-state index in [0.717, 1.165) is 6.42 Å². The van der Waals surface area contributed by atoms with Gasteiger partial charge in [0, 0.05) is 9.54 Å². The molecule has 0 aliphatic carbocycles. The molecular weight excluding hydrogens is 279 g/mol. The summed E-state index contributed by atoms with van der Waals surface area (Å²) in [5.74, 6) is -0.967. The maximum Gasteiger partial charge on any atom is 0.0414 e. The lowest BCUT2D eigenvalue weighted by atomic mass is 10.1. The fourth-order valence-corrected chi connectivity index (χ4v) is 1.45. The standard InChI is InChI=1S/C10H11IO2/c11-9-6-4-8(5-7-9)2-1-3-10(12)13/h4-7H,1-3H2,(H,12,13)/p-1. The van der Waals surface area contributed by atoms with Crippen LogP contribution in [0.5, 0.6) is 0 Å². The Bertz CT molecular complexity index is 279. The second-order valence-electron chi connectivity index (χ2n) is 2.85. The minimum Gasteiger partial charge on any atom is -0.550 e. The van der Waals surface area contributed by atoms with Crippen molar-refractivity contribution in [3.8, 4) is 0 Å².